The summed E-state index contributed by atoms with van der Waals surface area (Å²) in [6, 6.07) is 11.2. The molecule has 2 amide bonds. The second-order valence-corrected chi connectivity index (χ2v) is 6.09. The smallest absolute Gasteiger partial charge is 0.260 e. The molecule has 3 rings (SSSR count). The third-order valence-corrected chi connectivity index (χ3v) is 4.49. The van der Waals surface area contributed by atoms with Gasteiger partial charge >= 0.3 is 0 Å². The molecule has 1 aromatic heterocycles. The van der Waals surface area contributed by atoms with Gasteiger partial charge in [0.15, 0.2) is 6.10 Å². The van der Waals surface area contributed by atoms with Crippen molar-refractivity contribution in [1.82, 2.24) is 0 Å². The van der Waals surface area contributed by atoms with E-state index in [1.807, 2.05) is 29.6 Å². The van der Waals surface area contributed by atoms with Gasteiger partial charge in [0.05, 0.1) is 12.2 Å². The van der Waals surface area contributed by atoms with Crippen LogP contribution in [0.25, 0.3) is 0 Å². The molecule has 2 heterocycles. The van der Waals surface area contributed by atoms with Crippen molar-refractivity contribution in [3.63, 3.8) is 0 Å². The van der Waals surface area contributed by atoms with Crippen LogP contribution in [0.4, 0.5) is 5.69 Å². The Hall–Kier alpha value is -2.34. The largest absolute Gasteiger partial charge is 0.477 e. The number of nitrogens with two attached hydrogens (primary N) is 1. The van der Waals surface area contributed by atoms with Crippen molar-refractivity contribution < 1.29 is 14.3 Å². The van der Waals surface area contributed by atoms with Crippen molar-refractivity contribution >= 4 is 28.8 Å². The molecular weight excluding hydrogens is 300 g/mol. The third kappa shape index (κ3) is 2.96. The maximum absolute atomic E-state index is 12.5. The van der Waals surface area contributed by atoms with Gasteiger partial charge in [-0.1, -0.05) is 18.2 Å². The lowest BCUT2D eigenvalue weighted by atomic mass is 10.1. The fraction of sp³-hybridized carbons (Fsp3) is 0.250. The maximum Gasteiger partial charge on any atom is 0.260 e. The maximum atomic E-state index is 12.5. The first-order valence-corrected chi connectivity index (χ1v) is 7.91. The molecule has 1 aromatic carbocycles. The minimum absolute atomic E-state index is 0.0320. The molecule has 22 heavy (non-hydrogen) atoms. The van der Waals surface area contributed by atoms with Gasteiger partial charge in [0.1, 0.15) is 5.75 Å². The highest BCUT2D eigenvalue weighted by Crippen LogP contribution is 2.33. The van der Waals surface area contributed by atoms with Gasteiger partial charge in [0.25, 0.3) is 5.91 Å². The van der Waals surface area contributed by atoms with Crippen LogP contribution in [0.5, 0.6) is 5.75 Å². The number of ether oxygens (including phenoxy) is 1. The number of rotatable bonds is 4. The molecule has 1 aliphatic rings. The van der Waals surface area contributed by atoms with E-state index < -0.39 is 12.0 Å². The highest BCUT2D eigenvalue weighted by atomic mass is 32.1. The molecular formula is C16H16N2O3S. The average molecular weight is 316 g/mol. The van der Waals surface area contributed by atoms with Crippen LogP contribution < -0.4 is 15.4 Å². The molecule has 2 aromatic rings. The molecule has 114 valence electrons. The van der Waals surface area contributed by atoms with E-state index in [2.05, 4.69) is 0 Å². The lowest BCUT2D eigenvalue weighted by molar-refractivity contribution is -0.125. The molecule has 5 nitrogen and oxygen atoms in total. The van der Waals surface area contributed by atoms with E-state index >= 15 is 0 Å². The quantitative estimate of drug-likeness (QED) is 0.937. The summed E-state index contributed by atoms with van der Waals surface area (Å²) < 4.78 is 5.56. The van der Waals surface area contributed by atoms with E-state index in [1.165, 1.54) is 4.88 Å². The summed E-state index contributed by atoms with van der Waals surface area (Å²) in [6.45, 7) is 0.162. The number of fused-ring (bicyclic) bond motifs is 1. The summed E-state index contributed by atoms with van der Waals surface area (Å²) >= 11 is 1.63. The third-order valence-electron chi connectivity index (χ3n) is 3.56. The molecule has 1 atom stereocenters. The lowest BCUT2D eigenvalue weighted by Gasteiger charge is -2.33. The Balaban J connectivity index is 1.78. The minimum atomic E-state index is -0.805. The zero-order chi connectivity index (χ0) is 15.5. The van der Waals surface area contributed by atoms with Gasteiger partial charge in [-0.25, -0.2) is 0 Å². The summed E-state index contributed by atoms with van der Waals surface area (Å²) in [5, 5.41) is 1.99. The Bertz CT molecular complexity index is 684. The van der Waals surface area contributed by atoms with E-state index in [4.69, 9.17) is 10.5 Å². The Morgan fingerprint density at radius 1 is 1.27 bits per heavy atom. The van der Waals surface area contributed by atoms with E-state index in [0.717, 1.165) is 0 Å². The molecule has 6 heteroatoms. The molecule has 0 saturated carbocycles. The van der Waals surface area contributed by atoms with Gasteiger partial charge in [-0.3, -0.25) is 9.59 Å². The number of anilines is 1. The van der Waals surface area contributed by atoms with Gasteiger partial charge in [-0.15, -0.1) is 11.3 Å². The highest BCUT2D eigenvalue weighted by molar-refractivity contribution is 7.09. The monoisotopic (exact) mass is 316 g/mol. The van der Waals surface area contributed by atoms with Crippen molar-refractivity contribution in [2.75, 3.05) is 11.4 Å². The summed E-state index contributed by atoms with van der Waals surface area (Å²) in [5.74, 6) is -0.0806. The highest BCUT2D eigenvalue weighted by Gasteiger charge is 2.32. The van der Waals surface area contributed by atoms with Crippen molar-refractivity contribution in [3.8, 4) is 5.75 Å². The van der Waals surface area contributed by atoms with Crippen LogP contribution in [0.3, 0.4) is 0 Å². The predicted molar refractivity (Wildman–Crippen MR) is 85.0 cm³/mol. The Labute approximate surface area is 132 Å². The molecule has 0 saturated heterocycles. The van der Waals surface area contributed by atoms with E-state index in [9.17, 15) is 9.59 Å². The van der Waals surface area contributed by atoms with Crippen molar-refractivity contribution in [3.05, 3.63) is 46.7 Å². The molecule has 0 radical (unpaired) electrons. The molecule has 2 N–H and O–H groups in total. The molecule has 0 spiro atoms. The van der Waals surface area contributed by atoms with Crippen LogP contribution in [0.15, 0.2) is 41.8 Å². The number of aryl methyl sites for hydroxylation is 1. The summed E-state index contributed by atoms with van der Waals surface area (Å²) in [6.07, 6.45) is 0.276. The van der Waals surface area contributed by atoms with Crippen LogP contribution in [0.1, 0.15) is 11.3 Å². The van der Waals surface area contributed by atoms with E-state index in [1.54, 1.807) is 28.4 Å². The van der Waals surface area contributed by atoms with Crippen LogP contribution in [0, 0.1) is 0 Å². The number of nitrogens with zero attached hydrogens (tertiary/aromatic N) is 1. The van der Waals surface area contributed by atoms with Crippen LogP contribution in [-0.4, -0.2) is 24.5 Å². The Kier molecular flexibility index (Phi) is 4.11. The van der Waals surface area contributed by atoms with Crippen molar-refractivity contribution in [1.29, 1.82) is 0 Å². The first-order valence-electron chi connectivity index (χ1n) is 7.03. The first kappa shape index (κ1) is 14.6. The zero-order valence-electron chi connectivity index (χ0n) is 11.9. The Morgan fingerprint density at radius 3 is 2.82 bits per heavy atom. The van der Waals surface area contributed by atoms with E-state index in [-0.39, 0.29) is 12.5 Å². The lowest BCUT2D eigenvalue weighted by Crippen LogP contribution is -2.49. The van der Waals surface area contributed by atoms with Crippen molar-refractivity contribution in [2.24, 2.45) is 5.73 Å². The van der Waals surface area contributed by atoms with Crippen LogP contribution >= 0.6 is 11.3 Å². The fourth-order valence-corrected chi connectivity index (χ4v) is 3.15. The summed E-state index contributed by atoms with van der Waals surface area (Å²) in [7, 11) is 0. The minimum Gasteiger partial charge on any atom is -0.477 e. The van der Waals surface area contributed by atoms with Gasteiger partial charge in [-0.05, 0) is 30.0 Å². The van der Waals surface area contributed by atoms with Gasteiger partial charge < -0.3 is 15.4 Å². The molecule has 0 bridgehead atoms. The molecule has 0 aliphatic carbocycles. The second-order valence-electron chi connectivity index (χ2n) is 5.06. The number of primary amides is 1. The normalized spacial score (nSPS) is 16.7. The SMILES string of the molecule is NC(=O)[C@@H]1CN(C(=O)CCc2cccs2)c2ccccc2O1. The van der Waals surface area contributed by atoms with Crippen LogP contribution in [-0.2, 0) is 16.0 Å². The number of benzene rings is 1. The number of para-hydroxylation sites is 2. The molecule has 1 aliphatic heterocycles. The average Bonchev–Trinajstić information content (AvgIpc) is 3.04. The van der Waals surface area contributed by atoms with E-state index in [0.29, 0.717) is 24.3 Å². The standard InChI is InChI=1S/C16H16N2O3S/c17-16(20)14-10-18(12-5-1-2-6-13(12)21-14)15(19)8-7-11-4-3-9-22-11/h1-6,9,14H,7-8,10H2,(H2,17,20)/t14-/m0/s1. The topological polar surface area (TPSA) is 72.6 Å². The molecule has 0 fully saturated rings. The summed E-state index contributed by atoms with van der Waals surface area (Å²) in [5.41, 5.74) is 6.03. The van der Waals surface area contributed by atoms with Gasteiger partial charge in [-0.2, -0.15) is 0 Å². The van der Waals surface area contributed by atoms with Gasteiger partial charge in [0, 0.05) is 11.3 Å². The van der Waals surface area contributed by atoms with Crippen LogP contribution in [0.2, 0.25) is 0 Å². The number of carbonyl (C=O) groups excluding carboxylic acids is 2. The van der Waals surface area contributed by atoms with Gasteiger partial charge in [0.2, 0.25) is 5.91 Å². The summed E-state index contributed by atoms with van der Waals surface area (Å²) in [4.78, 5) is 26.8. The molecule has 0 unspecified atom stereocenters. The number of hydrogen-bond acceptors (Lipinski definition) is 4. The van der Waals surface area contributed by atoms with Crippen molar-refractivity contribution in [2.45, 2.75) is 18.9 Å². The number of carbonyl (C=O) groups is 2. The number of thiophene rings is 1. The first-order chi connectivity index (χ1) is 10.6. The predicted octanol–water partition coefficient (Wildman–Crippen LogP) is 1.96. The number of amides is 2. The fourth-order valence-electron chi connectivity index (χ4n) is 2.44. The second kappa shape index (κ2) is 6.19. The number of hydrogen-bond donors (Lipinski definition) is 1. The zero-order valence-corrected chi connectivity index (χ0v) is 12.7. The Morgan fingerprint density at radius 2 is 2.09 bits per heavy atom.